The van der Waals surface area contributed by atoms with E-state index in [1.165, 1.54) is 7.11 Å². The fourth-order valence-electron chi connectivity index (χ4n) is 4.49. The number of aromatic nitrogens is 4. The predicted octanol–water partition coefficient (Wildman–Crippen LogP) is 2.75. The lowest BCUT2D eigenvalue weighted by molar-refractivity contribution is 0.0600. The monoisotopic (exact) mass is 531 g/mol. The van der Waals surface area contributed by atoms with Crippen LogP contribution in [0.15, 0.2) is 46.9 Å². The lowest BCUT2D eigenvalue weighted by atomic mass is 10.1. The van der Waals surface area contributed by atoms with E-state index < -0.39 is 0 Å². The number of oxazole rings is 1. The molecule has 0 unspecified atom stereocenters. The fourth-order valence-corrected chi connectivity index (χ4v) is 4.49. The van der Waals surface area contributed by atoms with Gasteiger partial charge < -0.3 is 33.7 Å². The standard InChI is InChI=1S/C27H29N7O5/c1-36-24(35)19-4-2-18(3-5-19)17-28-27-29-21-16-20(6-7-22(21)39-27)23-30-25(33-8-12-37-13-9-33)32-26(31-23)34-10-14-38-15-11-34/h2-7,16H,8-15,17H2,1H3,(H,28,29). The van der Waals surface area contributed by atoms with Gasteiger partial charge in [0.2, 0.25) is 11.9 Å². The molecule has 2 fully saturated rings. The summed E-state index contributed by atoms with van der Waals surface area (Å²) in [6.45, 7) is 5.98. The van der Waals surface area contributed by atoms with Crippen LogP contribution in [0.1, 0.15) is 15.9 Å². The molecule has 202 valence electrons. The number of morpholine rings is 2. The molecular weight excluding hydrogens is 502 g/mol. The van der Waals surface area contributed by atoms with E-state index >= 15 is 0 Å². The maximum Gasteiger partial charge on any atom is 0.337 e. The van der Waals surface area contributed by atoms with Gasteiger partial charge in [-0.1, -0.05) is 12.1 Å². The van der Waals surface area contributed by atoms with Crippen LogP contribution >= 0.6 is 0 Å². The van der Waals surface area contributed by atoms with Gasteiger partial charge in [0.1, 0.15) is 5.52 Å². The van der Waals surface area contributed by atoms with Crippen LogP contribution < -0.4 is 15.1 Å². The van der Waals surface area contributed by atoms with Crippen LogP contribution in [-0.4, -0.2) is 85.6 Å². The molecule has 2 aromatic carbocycles. The number of methoxy groups -OCH3 is 1. The molecule has 0 spiro atoms. The van der Waals surface area contributed by atoms with E-state index in [0.717, 1.165) is 37.3 Å². The van der Waals surface area contributed by atoms with Gasteiger partial charge in [0.25, 0.3) is 6.01 Å². The zero-order valence-corrected chi connectivity index (χ0v) is 21.6. The third kappa shape index (κ3) is 5.61. The van der Waals surface area contributed by atoms with Crippen molar-refractivity contribution in [2.45, 2.75) is 6.54 Å². The maximum atomic E-state index is 11.6. The first-order valence-corrected chi connectivity index (χ1v) is 12.9. The Morgan fingerprint density at radius 2 is 1.51 bits per heavy atom. The molecule has 0 atom stereocenters. The maximum absolute atomic E-state index is 11.6. The van der Waals surface area contributed by atoms with Crippen molar-refractivity contribution in [3.05, 3.63) is 53.6 Å². The Labute approximate surface area is 224 Å². The van der Waals surface area contributed by atoms with Gasteiger partial charge in [-0.25, -0.2) is 4.79 Å². The van der Waals surface area contributed by atoms with Crippen LogP contribution in [0.4, 0.5) is 17.9 Å². The SMILES string of the molecule is COC(=O)c1ccc(CNc2nc3cc(-c4nc(N5CCOCC5)nc(N5CCOCC5)n4)ccc3o2)cc1. The summed E-state index contributed by atoms with van der Waals surface area (Å²) >= 11 is 0. The number of benzene rings is 2. The van der Waals surface area contributed by atoms with E-state index in [1.54, 1.807) is 12.1 Å². The van der Waals surface area contributed by atoms with Gasteiger partial charge in [-0.15, -0.1) is 0 Å². The highest BCUT2D eigenvalue weighted by Crippen LogP contribution is 2.27. The molecule has 12 nitrogen and oxygen atoms in total. The van der Waals surface area contributed by atoms with Crippen molar-refractivity contribution in [2.75, 3.05) is 74.8 Å². The molecule has 39 heavy (non-hydrogen) atoms. The van der Waals surface area contributed by atoms with Crippen molar-refractivity contribution in [2.24, 2.45) is 0 Å². The Hall–Kier alpha value is -4.29. The van der Waals surface area contributed by atoms with Crippen molar-refractivity contribution in [1.82, 2.24) is 19.9 Å². The fraction of sp³-hybridized carbons (Fsp3) is 0.370. The van der Waals surface area contributed by atoms with Gasteiger partial charge >= 0.3 is 5.97 Å². The summed E-state index contributed by atoms with van der Waals surface area (Å²) in [5.74, 6) is 1.51. The summed E-state index contributed by atoms with van der Waals surface area (Å²) < 4.78 is 21.7. The van der Waals surface area contributed by atoms with Gasteiger partial charge in [-0.2, -0.15) is 19.9 Å². The highest BCUT2D eigenvalue weighted by Gasteiger charge is 2.21. The van der Waals surface area contributed by atoms with Crippen LogP contribution in [0, 0.1) is 0 Å². The molecule has 6 rings (SSSR count). The molecule has 4 aromatic rings. The number of hydrogen-bond donors (Lipinski definition) is 1. The first-order chi connectivity index (χ1) is 19.2. The molecule has 1 N–H and O–H groups in total. The first-order valence-electron chi connectivity index (χ1n) is 12.9. The van der Waals surface area contributed by atoms with E-state index in [9.17, 15) is 4.79 Å². The Morgan fingerprint density at radius 3 is 2.13 bits per heavy atom. The van der Waals surface area contributed by atoms with Gasteiger partial charge in [0.05, 0.1) is 39.1 Å². The summed E-state index contributed by atoms with van der Waals surface area (Å²) in [4.78, 5) is 35.0. The number of nitrogens with one attached hydrogen (secondary N) is 1. The number of nitrogens with zero attached hydrogens (tertiary/aromatic N) is 6. The number of fused-ring (bicyclic) bond motifs is 1. The van der Waals surface area contributed by atoms with Crippen molar-refractivity contribution in [1.29, 1.82) is 0 Å². The van der Waals surface area contributed by atoms with E-state index in [4.69, 9.17) is 33.6 Å². The zero-order valence-electron chi connectivity index (χ0n) is 21.6. The average molecular weight is 532 g/mol. The molecule has 2 aliphatic heterocycles. The normalized spacial score (nSPS) is 15.9. The first kappa shape index (κ1) is 25.0. The molecule has 2 aliphatic rings. The quantitative estimate of drug-likeness (QED) is 0.352. The molecule has 2 saturated heterocycles. The molecule has 4 heterocycles. The Balaban J connectivity index is 1.24. The summed E-state index contributed by atoms with van der Waals surface area (Å²) in [5, 5.41) is 3.20. The highest BCUT2D eigenvalue weighted by atomic mass is 16.5. The van der Waals surface area contributed by atoms with E-state index in [1.807, 2.05) is 30.3 Å². The number of carbonyl (C=O) groups is 1. The van der Waals surface area contributed by atoms with Crippen LogP contribution in [0.2, 0.25) is 0 Å². The topological polar surface area (TPSA) is 128 Å². The van der Waals surface area contributed by atoms with Crippen molar-refractivity contribution >= 4 is 35.0 Å². The lowest BCUT2D eigenvalue weighted by Crippen LogP contribution is -2.40. The van der Waals surface area contributed by atoms with E-state index in [-0.39, 0.29) is 5.97 Å². The van der Waals surface area contributed by atoms with Crippen molar-refractivity contribution in [3.8, 4) is 11.4 Å². The summed E-state index contributed by atoms with van der Waals surface area (Å²) in [6.07, 6.45) is 0. The van der Waals surface area contributed by atoms with Gasteiger partial charge in [-0.05, 0) is 35.9 Å². The van der Waals surface area contributed by atoms with E-state index in [0.29, 0.717) is 73.4 Å². The molecule has 0 aliphatic carbocycles. The summed E-state index contributed by atoms with van der Waals surface area (Å²) in [5.41, 5.74) is 3.65. The summed E-state index contributed by atoms with van der Waals surface area (Å²) in [6, 6.07) is 13.3. The number of rotatable bonds is 7. The van der Waals surface area contributed by atoms with Crippen molar-refractivity contribution in [3.63, 3.8) is 0 Å². The molecule has 0 saturated carbocycles. The Kier molecular flexibility index (Phi) is 7.19. The Morgan fingerprint density at radius 1 is 0.872 bits per heavy atom. The summed E-state index contributed by atoms with van der Waals surface area (Å²) in [7, 11) is 1.36. The van der Waals surface area contributed by atoms with Crippen molar-refractivity contribution < 1.29 is 23.4 Å². The average Bonchev–Trinajstić information content (AvgIpc) is 3.43. The number of esters is 1. The molecule has 2 aromatic heterocycles. The van der Waals surface area contributed by atoms with Crippen LogP contribution in [0.5, 0.6) is 0 Å². The van der Waals surface area contributed by atoms with Crippen LogP contribution in [0.25, 0.3) is 22.5 Å². The van der Waals surface area contributed by atoms with Gasteiger partial charge in [-0.3, -0.25) is 0 Å². The molecule has 12 heteroatoms. The number of hydrogen-bond acceptors (Lipinski definition) is 12. The minimum atomic E-state index is -0.364. The minimum absolute atomic E-state index is 0.364. The van der Waals surface area contributed by atoms with Crippen LogP contribution in [-0.2, 0) is 20.8 Å². The Bertz CT molecular complexity index is 1410. The second kappa shape index (κ2) is 11.2. The highest BCUT2D eigenvalue weighted by molar-refractivity contribution is 5.89. The largest absolute Gasteiger partial charge is 0.465 e. The van der Waals surface area contributed by atoms with Gasteiger partial charge in [0.15, 0.2) is 11.4 Å². The smallest absolute Gasteiger partial charge is 0.337 e. The predicted molar refractivity (Wildman–Crippen MR) is 144 cm³/mol. The van der Waals surface area contributed by atoms with Crippen LogP contribution in [0.3, 0.4) is 0 Å². The molecule has 0 amide bonds. The lowest BCUT2D eigenvalue weighted by Gasteiger charge is -2.30. The molecule has 0 bridgehead atoms. The van der Waals surface area contributed by atoms with Gasteiger partial charge in [0, 0.05) is 38.3 Å². The zero-order chi connectivity index (χ0) is 26.6. The third-order valence-corrected chi connectivity index (χ3v) is 6.66. The second-order valence-electron chi connectivity index (χ2n) is 9.20. The second-order valence-corrected chi connectivity index (χ2v) is 9.20. The number of carbonyl (C=O) groups excluding carboxylic acids is 1. The number of ether oxygens (including phenoxy) is 3. The molecule has 0 radical (unpaired) electrons. The minimum Gasteiger partial charge on any atom is -0.465 e. The number of anilines is 3. The van der Waals surface area contributed by atoms with E-state index in [2.05, 4.69) is 20.1 Å². The molecular formula is C27H29N7O5. The third-order valence-electron chi connectivity index (χ3n) is 6.66.